The van der Waals surface area contributed by atoms with Gasteiger partial charge in [-0.2, -0.15) is 0 Å². The van der Waals surface area contributed by atoms with Gasteiger partial charge in [0.2, 0.25) is 5.91 Å². The highest BCUT2D eigenvalue weighted by atomic mass is 16.2. The molecule has 1 aromatic rings. The maximum atomic E-state index is 12.1. The van der Waals surface area contributed by atoms with E-state index in [4.69, 9.17) is 0 Å². The third kappa shape index (κ3) is 3.29. The highest BCUT2D eigenvalue weighted by Gasteiger charge is 2.34. The molecule has 0 saturated carbocycles. The summed E-state index contributed by atoms with van der Waals surface area (Å²) in [6.07, 6.45) is 1.68. The zero-order valence-corrected chi connectivity index (χ0v) is 12.4. The second kappa shape index (κ2) is 6.52. The summed E-state index contributed by atoms with van der Waals surface area (Å²) in [6, 6.07) is 6.95. The molecule has 1 atom stereocenters. The third-order valence-corrected chi connectivity index (χ3v) is 3.68. The van der Waals surface area contributed by atoms with Crippen molar-refractivity contribution >= 4 is 17.7 Å². The molecule has 1 heterocycles. The molecule has 0 unspecified atom stereocenters. The van der Waals surface area contributed by atoms with Crippen molar-refractivity contribution in [3.05, 3.63) is 35.4 Å². The SMILES string of the molecule is CC[C@H](C)NC(=O)CCCN1C(=O)c2ccccc2C1=O. The lowest BCUT2D eigenvalue weighted by atomic mass is 10.1. The van der Waals surface area contributed by atoms with Gasteiger partial charge in [0.1, 0.15) is 0 Å². The Labute approximate surface area is 124 Å². The Bertz CT molecular complexity index is 533. The number of nitrogens with one attached hydrogen (secondary N) is 1. The average molecular weight is 288 g/mol. The molecule has 5 heteroatoms. The minimum absolute atomic E-state index is 0.0408. The van der Waals surface area contributed by atoms with Crippen molar-refractivity contribution in [3.63, 3.8) is 0 Å². The highest BCUT2D eigenvalue weighted by Crippen LogP contribution is 2.22. The van der Waals surface area contributed by atoms with Crippen LogP contribution in [-0.4, -0.2) is 35.2 Å². The number of rotatable bonds is 6. The van der Waals surface area contributed by atoms with Crippen LogP contribution in [-0.2, 0) is 4.79 Å². The van der Waals surface area contributed by atoms with Crippen molar-refractivity contribution in [1.29, 1.82) is 0 Å². The lowest BCUT2D eigenvalue weighted by Gasteiger charge is -2.14. The van der Waals surface area contributed by atoms with E-state index in [1.54, 1.807) is 24.3 Å². The smallest absolute Gasteiger partial charge is 0.261 e. The van der Waals surface area contributed by atoms with Gasteiger partial charge >= 0.3 is 0 Å². The average Bonchev–Trinajstić information content (AvgIpc) is 2.72. The standard InChI is InChI=1S/C16H20N2O3/c1-3-11(2)17-14(19)9-6-10-18-15(20)12-7-4-5-8-13(12)16(18)21/h4-5,7-8,11H,3,6,9-10H2,1-2H3,(H,17,19)/t11-/m0/s1. The van der Waals surface area contributed by atoms with Crippen molar-refractivity contribution in [2.75, 3.05) is 6.54 Å². The zero-order chi connectivity index (χ0) is 15.4. The maximum absolute atomic E-state index is 12.1. The van der Waals surface area contributed by atoms with Crippen LogP contribution in [0.5, 0.6) is 0 Å². The molecule has 112 valence electrons. The number of carbonyl (C=O) groups is 3. The molecule has 21 heavy (non-hydrogen) atoms. The molecule has 0 aliphatic carbocycles. The first-order chi connectivity index (χ1) is 10.0. The number of amides is 3. The van der Waals surface area contributed by atoms with Crippen LogP contribution in [0.25, 0.3) is 0 Å². The summed E-state index contributed by atoms with van der Waals surface area (Å²) in [7, 11) is 0. The first-order valence-corrected chi connectivity index (χ1v) is 7.29. The molecule has 0 saturated heterocycles. The van der Waals surface area contributed by atoms with Gasteiger partial charge in [-0.1, -0.05) is 19.1 Å². The Morgan fingerprint density at radius 3 is 2.29 bits per heavy atom. The maximum Gasteiger partial charge on any atom is 0.261 e. The van der Waals surface area contributed by atoms with Crippen molar-refractivity contribution in [1.82, 2.24) is 10.2 Å². The summed E-state index contributed by atoms with van der Waals surface area (Å²) in [5, 5.41) is 2.87. The first kappa shape index (κ1) is 15.2. The molecule has 1 aliphatic heterocycles. The summed E-state index contributed by atoms with van der Waals surface area (Å²) in [6.45, 7) is 4.23. The van der Waals surface area contributed by atoms with Crippen molar-refractivity contribution in [2.24, 2.45) is 0 Å². The van der Waals surface area contributed by atoms with Gasteiger partial charge in [0.05, 0.1) is 11.1 Å². The molecular weight excluding hydrogens is 268 g/mol. The molecule has 5 nitrogen and oxygen atoms in total. The number of nitrogens with zero attached hydrogens (tertiary/aromatic N) is 1. The van der Waals surface area contributed by atoms with E-state index in [-0.39, 0.29) is 30.3 Å². The fourth-order valence-electron chi connectivity index (χ4n) is 2.29. The highest BCUT2D eigenvalue weighted by molar-refractivity contribution is 6.21. The molecule has 1 aliphatic rings. The van der Waals surface area contributed by atoms with Gasteiger partial charge in [-0.05, 0) is 31.9 Å². The van der Waals surface area contributed by atoms with Gasteiger partial charge in [0.25, 0.3) is 11.8 Å². The summed E-state index contributed by atoms with van der Waals surface area (Å²) in [5.74, 6) is -0.572. The van der Waals surface area contributed by atoms with E-state index in [9.17, 15) is 14.4 Å². The van der Waals surface area contributed by atoms with Crippen LogP contribution in [0.1, 0.15) is 53.8 Å². The predicted octanol–water partition coefficient (Wildman–Crippen LogP) is 1.98. The molecule has 0 fully saturated rings. The quantitative estimate of drug-likeness (QED) is 0.814. The van der Waals surface area contributed by atoms with Crippen LogP contribution in [0, 0.1) is 0 Å². The van der Waals surface area contributed by atoms with Crippen molar-refractivity contribution in [2.45, 2.75) is 39.2 Å². The van der Waals surface area contributed by atoms with Crippen LogP contribution in [0.4, 0.5) is 0 Å². The number of benzene rings is 1. The lowest BCUT2D eigenvalue weighted by molar-refractivity contribution is -0.121. The Morgan fingerprint density at radius 2 is 1.76 bits per heavy atom. The summed E-state index contributed by atoms with van der Waals surface area (Å²) < 4.78 is 0. The minimum atomic E-state index is -0.266. The van der Waals surface area contributed by atoms with Crippen molar-refractivity contribution in [3.8, 4) is 0 Å². The molecule has 2 rings (SSSR count). The Morgan fingerprint density at radius 1 is 1.19 bits per heavy atom. The molecule has 0 radical (unpaired) electrons. The molecule has 1 N–H and O–H groups in total. The first-order valence-electron chi connectivity index (χ1n) is 7.29. The fourth-order valence-corrected chi connectivity index (χ4v) is 2.29. The second-order valence-corrected chi connectivity index (χ2v) is 5.29. The molecule has 1 aromatic carbocycles. The number of carbonyl (C=O) groups excluding carboxylic acids is 3. The van der Waals surface area contributed by atoms with E-state index in [0.717, 1.165) is 6.42 Å². The topological polar surface area (TPSA) is 66.5 Å². The Hall–Kier alpha value is -2.17. The summed E-state index contributed by atoms with van der Waals surface area (Å²) in [5.41, 5.74) is 0.901. The normalized spacial score (nSPS) is 15.0. The number of fused-ring (bicyclic) bond motifs is 1. The van der Waals surface area contributed by atoms with Gasteiger partial charge in [-0.25, -0.2) is 0 Å². The number of hydrogen-bond acceptors (Lipinski definition) is 3. The van der Waals surface area contributed by atoms with Crippen LogP contribution in [0.3, 0.4) is 0 Å². The fraction of sp³-hybridized carbons (Fsp3) is 0.438. The largest absolute Gasteiger partial charge is 0.354 e. The van der Waals surface area contributed by atoms with Crippen LogP contribution in [0.15, 0.2) is 24.3 Å². The third-order valence-electron chi connectivity index (χ3n) is 3.68. The summed E-state index contributed by atoms with van der Waals surface area (Å²) in [4.78, 5) is 37.1. The zero-order valence-electron chi connectivity index (χ0n) is 12.4. The number of imide groups is 1. The molecule has 3 amide bonds. The Balaban J connectivity index is 1.87. The van der Waals surface area contributed by atoms with E-state index in [0.29, 0.717) is 24.0 Å². The van der Waals surface area contributed by atoms with Crippen LogP contribution < -0.4 is 5.32 Å². The van der Waals surface area contributed by atoms with E-state index in [1.807, 2.05) is 13.8 Å². The van der Waals surface area contributed by atoms with Crippen LogP contribution in [0.2, 0.25) is 0 Å². The monoisotopic (exact) mass is 288 g/mol. The van der Waals surface area contributed by atoms with E-state index < -0.39 is 0 Å². The van der Waals surface area contributed by atoms with E-state index >= 15 is 0 Å². The van der Waals surface area contributed by atoms with Gasteiger partial charge in [-0.3, -0.25) is 19.3 Å². The molecule has 0 bridgehead atoms. The van der Waals surface area contributed by atoms with Gasteiger partial charge in [-0.15, -0.1) is 0 Å². The predicted molar refractivity (Wildman–Crippen MR) is 78.9 cm³/mol. The van der Waals surface area contributed by atoms with Gasteiger partial charge < -0.3 is 5.32 Å². The van der Waals surface area contributed by atoms with Crippen molar-refractivity contribution < 1.29 is 14.4 Å². The lowest BCUT2D eigenvalue weighted by Crippen LogP contribution is -2.34. The van der Waals surface area contributed by atoms with Crippen LogP contribution >= 0.6 is 0 Å². The van der Waals surface area contributed by atoms with Gasteiger partial charge in [0.15, 0.2) is 0 Å². The molecular formula is C16H20N2O3. The second-order valence-electron chi connectivity index (χ2n) is 5.29. The van der Waals surface area contributed by atoms with Gasteiger partial charge in [0, 0.05) is 19.0 Å². The van der Waals surface area contributed by atoms with E-state index in [2.05, 4.69) is 5.32 Å². The molecule has 0 aromatic heterocycles. The minimum Gasteiger partial charge on any atom is -0.354 e. The number of hydrogen-bond donors (Lipinski definition) is 1. The molecule has 0 spiro atoms. The van der Waals surface area contributed by atoms with E-state index in [1.165, 1.54) is 4.90 Å². The Kier molecular flexibility index (Phi) is 4.73. The summed E-state index contributed by atoms with van der Waals surface area (Å²) >= 11 is 0.